The minimum atomic E-state index is -1.36. The predicted molar refractivity (Wildman–Crippen MR) is 102 cm³/mol. The number of phenols is 1. The summed E-state index contributed by atoms with van der Waals surface area (Å²) in [4.78, 5) is 36.0. The van der Waals surface area contributed by atoms with Gasteiger partial charge >= 0.3 is 132 Å². The van der Waals surface area contributed by atoms with E-state index in [0.717, 1.165) is 0 Å². The molecule has 1 amide bonds. The molecule has 0 atom stereocenters. The molecule has 2 heterocycles. The Hall–Kier alpha value is -3.77. The Morgan fingerprint density at radius 3 is 2.61 bits per heavy atom. The number of aromatic hydroxyl groups is 1. The molecule has 1 aliphatic rings. The number of carboxylic acid groups (broad SMARTS) is 2. The normalized spacial score (nSPS) is 13.4. The third-order valence-electron chi connectivity index (χ3n) is 4.68. The van der Waals surface area contributed by atoms with Gasteiger partial charge < -0.3 is 5.11 Å². The van der Waals surface area contributed by atoms with Crippen molar-refractivity contribution in [3.05, 3.63) is 35.2 Å². The van der Waals surface area contributed by atoms with E-state index in [9.17, 15) is 29.3 Å². The van der Waals surface area contributed by atoms with Gasteiger partial charge in [-0.25, -0.2) is 4.68 Å². The van der Waals surface area contributed by atoms with Crippen LogP contribution in [0.25, 0.3) is 0 Å². The first-order valence-corrected chi connectivity index (χ1v) is 9.35. The first kappa shape index (κ1) is 21.9. The van der Waals surface area contributed by atoms with Gasteiger partial charge in [-0.3, -0.25) is 4.79 Å². The second-order valence-corrected chi connectivity index (χ2v) is 6.97. The van der Waals surface area contributed by atoms with Gasteiger partial charge in [-0.1, -0.05) is 5.21 Å². The van der Waals surface area contributed by atoms with Gasteiger partial charge in [-0.05, 0) is 0 Å². The minimum absolute atomic E-state index is 0.0217. The quantitative estimate of drug-likeness (QED) is 0.422. The Bertz CT molecular complexity index is 1020. The van der Waals surface area contributed by atoms with Crippen LogP contribution in [-0.2, 0) is 33.7 Å². The fraction of sp³-hybridized carbons (Fsp3) is 0.389. The van der Waals surface area contributed by atoms with E-state index in [4.69, 9.17) is 9.84 Å². The maximum absolute atomic E-state index is 12.3. The number of hydrogen-bond acceptors (Lipinski definition) is 8. The Labute approximate surface area is 176 Å². The van der Waals surface area contributed by atoms with Gasteiger partial charge in [0.2, 0.25) is 0 Å². The van der Waals surface area contributed by atoms with E-state index in [1.54, 1.807) is 0 Å². The first-order chi connectivity index (χ1) is 14.8. The standard InChI is InChI=1S/C18H19BN4O8/c24-14(9-23-6-11(20-21-23)5-15(25)26)22-7-12(8-22)31-13-2-1-10(3-4-19-30)17(27)16(13)18(28)29/h1-2,6,12,27H,3-5,7-9H2,(H,25,26)(H,28,29). The van der Waals surface area contributed by atoms with Crippen LogP contribution < -0.4 is 4.74 Å². The number of carbonyl (C=O) groups excluding carboxylic acids is 1. The van der Waals surface area contributed by atoms with E-state index < -0.39 is 23.8 Å². The predicted octanol–water partition coefficient (Wildman–Crippen LogP) is -0.391. The van der Waals surface area contributed by atoms with Crippen LogP contribution in [0.15, 0.2) is 18.3 Å². The van der Waals surface area contributed by atoms with Gasteiger partial charge in [0, 0.05) is 6.20 Å². The molecule has 1 aromatic heterocycles. The van der Waals surface area contributed by atoms with Crippen molar-refractivity contribution in [3.63, 3.8) is 0 Å². The number of aromatic nitrogens is 3. The van der Waals surface area contributed by atoms with E-state index in [1.165, 1.54) is 27.9 Å². The van der Waals surface area contributed by atoms with E-state index >= 15 is 0 Å². The molecule has 12 nitrogen and oxygen atoms in total. The topological polar surface area (TPSA) is 172 Å². The summed E-state index contributed by atoms with van der Waals surface area (Å²) >= 11 is 0. The number of nitrogens with zero attached hydrogens (tertiary/aromatic N) is 4. The number of benzene rings is 1. The second kappa shape index (κ2) is 9.37. The molecule has 3 rings (SSSR count). The number of amides is 1. The molecule has 31 heavy (non-hydrogen) atoms. The van der Waals surface area contributed by atoms with Gasteiger partial charge in [0.1, 0.15) is 0 Å². The van der Waals surface area contributed by atoms with Crippen molar-refractivity contribution in [1.82, 2.24) is 19.9 Å². The van der Waals surface area contributed by atoms with Crippen LogP contribution in [0, 0.1) is 0 Å². The van der Waals surface area contributed by atoms with Crippen molar-refractivity contribution in [2.24, 2.45) is 0 Å². The van der Waals surface area contributed by atoms with E-state index in [2.05, 4.69) is 10.3 Å². The molecule has 0 bridgehead atoms. The first-order valence-electron chi connectivity index (χ1n) is 9.35. The third kappa shape index (κ3) is 5.24. The molecule has 0 radical (unpaired) electrons. The summed E-state index contributed by atoms with van der Waals surface area (Å²) in [6.07, 6.45) is 0.989. The number of likely N-dealkylation sites (tertiary alicyclic amines) is 1. The SMILES string of the molecule is O=BCCc1ccc(OC2CN(C(=O)Cn3cc(CC(=O)O)nn3)C2)c(C(=O)O)c1O. The van der Waals surface area contributed by atoms with Crippen molar-refractivity contribution in [1.29, 1.82) is 0 Å². The summed E-state index contributed by atoms with van der Waals surface area (Å²) in [6.45, 7) is 0.302. The second-order valence-electron chi connectivity index (χ2n) is 6.97. The van der Waals surface area contributed by atoms with E-state index in [1.807, 2.05) is 0 Å². The Balaban J connectivity index is 1.57. The molecule has 0 saturated carbocycles. The fourth-order valence-corrected chi connectivity index (χ4v) is 3.12. The summed E-state index contributed by atoms with van der Waals surface area (Å²) in [7, 11) is 0.677. The van der Waals surface area contributed by atoms with E-state index in [0.29, 0.717) is 12.7 Å². The zero-order valence-electron chi connectivity index (χ0n) is 16.3. The number of hydrogen-bond donors (Lipinski definition) is 3. The Morgan fingerprint density at radius 1 is 1.23 bits per heavy atom. The van der Waals surface area contributed by atoms with Crippen LogP contribution in [0.1, 0.15) is 21.6 Å². The number of ether oxygens (including phenoxy) is 1. The number of rotatable bonds is 10. The molecule has 2 aromatic rings. The number of carboxylic acids is 2. The fourth-order valence-electron chi connectivity index (χ4n) is 3.12. The average molecular weight is 430 g/mol. The molecule has 1 saturated heterocycles. The number of aromatic carboxylic acids is 1. The zero-order valence-corrected chi connectivity index (χ0v) is 16.3. The van der Waals surface area contributed by atoms with Crippen LogP contribution in [0.2, 0.25) is 6.32 Å². The van der Waals surface area contributed by atoms with Crippen molar-refractivity contribution in [3.8, 4) is 11.5 Å². The molecule has 13 heteroatoms. The molecule has 0 spiro atoms. The van der Waals surface area contributed by atoms with Gasteiger partial charge in [0.15, 0.2) is 0 Å². The Morgan fingerprint density at radius 2 is 1.97 bits per heavy atom. The number of aryl methyl sites for hydroxylation is 1. The van der Waals surface area contributed by atoms with Crippen LogP contribution in [0.5, 0.6) is 11.5 Å². The summed E-state index contributed by atoms with van der Waals surface area (Å²) in [5.74, 6) is -3.16. The van der Waals surface area contributed by atoms with Gasteiger partial charge in [-0.15, -0.1) is 5.10 Å². The van der Waals surface area contributed by atoms with Crippen molar-refractivity contribution >= 4 is 25.0 Å². The molecule has 162 valence electrons. The number of carbonyl (C=O) groups is 3. The summed E-state index contributed by atoms with van der Waals surface area (Å²) in [5.41, 5.74) is 0.182. The third-order valence-corrected chi connectivity index (χ3v) is 4.68. The van der Waals surface area contributed by atoms with Crippen molar-refractivity contribution in [2.75, 3.05) is 13.1 Å². The van der Waals surface area contributed by atoms with Crippen LogP contribution >= 0.6 is 0 Å². The molecular formula is C18H19BN4O8. The summed E-state index contributed by atoms with van der Waals surface area (Å²) in [5, 5.41) is 35.8. The van der Waals surface area contributed by atoms with Crippen molar-refractivity contribution in [2.45, 2.75) is 31.8 Å². The molecule has 1 aromatic carbocycles. The molecular weight excluding hydrogens is 411 g/mol. The molecule has 3 N–H and O–H groups in total. The zero-order chi connectivity index (χ0) is 22.5. The monoisotopic (exact) mass is 430 g/mol. The molecule has 0 unspecified atom stereocenters. The Kier molecular flexibility index (Phi) is 6.63. The van der Waals surface area contributed by atoms with Crippen molar-refractivity contribution < 1.29 is 39.1 Å². The van der Waals surface area contributed by atoms with Crippen LogP contribution in [0.3, 0.4) is 0 Å². The van der Waals surface area contributed by atoms with Gasteiger partial charge in [0.05, 0.1) is 12.1 Å². The van der Waals surface area contributed by atoms with Crippen LogP contribution in [-0.4, -0.2) is 79.4 Å². The van der Waals surface area contributed by atoms with E-state index in [-0.39, 0.29) is 61.7 Å². The maximum atomic E-state index is 12.3. The summed E-state index contributed by atoms with van der Waals surface area (Å²) in [6, 6.07) is 2.93. The summed E-state index contributed by atoms with van der Waals surface area (Å²) < 4.78 is 17.4. The molecule has 1 fully saturated rings. The van der Waals surface area contributed by atoms with Gasteiger partial charge in [-0.2, -0.15) is 0 Å². The number of aliphatic carboxylic acids is 1. The molecule has 1 aliphatic heterocycles. The van der Waals surface area contributed by atoms with Gasteiger partial charge in [0.25, 0.3) is 0 Å². The average Bonchev–Trinajstić information content (AvgIpc) is 3.09. The molecule has 0 aliphatic carbocycles. The van der Waals surface area contributed by atoms with Crippen LogP contribution in [0.4, 0.5) is 0 Å².